The third-order valence-corrected chi connectivity index (χ3v) is 2.73. The lowest BCUT2D eigenvalue weighted by Gasteiger charge is -2.08. The number of hydrogen-bond acceptors (Lipinski definition) is 2. The number of rotatable bonds is 4. The normalized spacial score (nSPS) is 10.1. The van der Waals surface area contributed by atoms with E-state index in [1.165, 1.54) is 5.56 Å². The Morgan fingerprint density at radius 2 is 1.94 bits per heavy atom. The van der Waals surface area contributed by atoms with Crippen LogP contribution in [0.25, 0.3) is 0 Å². The summed E-state index contributed by atoms with van der Waals surface area (Å²) >= 11 is 0. The van der Waals surface area contributed by atoms with E-state index in [4.69, 9.17) is 5.73 Å². The quantitative estimate of drug-likeness (QED) is 0.863. The molecule has 1 amide bonds. The van der Waals surface area contributed by atoms with E-state index < -0.39 is 5.91 Å². The van der Waals surface area contributed by atoms with E-state index in [-0.39, 0.29) is 0 Å². The molecule has 0 saturated carbocycles. The molecule has 0 spiro atoms. The Balaban J connectivity index is 2.06. The molecule has 2 rings (SSSR count). The van der Waals surface area contributed by atoms with Gasteiger partial charge in [-0.3, -0.25) is 4.79 Å². The van der Waals surface area contributed by atoms with Crippen molar-refractivity contribution < 1.29 is 4.79 Å². The van der Waals surface area contributed by atoms with Crippen LogP contribution in [0.5, 0.6) is 0 Å². The number of carbonyl (C=O) groups excluding carboxylic acids is 1. The molecule has 3 N–H and O–H groups in total. The third-order valence-electron chi connectivity index (χ3n) is 2.73. The lowest BCUT2D eigenvalue weighted by atomic mass is 10.1. The Bertz CT molecular complexity index is 564. The first kappa shape index (κ1) is 12.2. The predicted octanol–water partition coefficient (Wildman–Crippen LogP) is 2.71. The van der Waals surface area contributed by atoms with Crippen LogP contribution in [0.4, 0.5) is 5.69 Å². The number of amides is 1. The van der Waals surface area contributed by atoms with Crippen LogP contribution in [0.1, 0.15) is 21.5 Å². The van der Waals surface area contributed by atoms with Crippen molar-refractivity contribution in [2.45, 2.75) is 13.5 Å². The minimum absolute atomic E-state index is 0.396. The molecule has 0 aromatic heterocycles. The summed E-state index contributed by atoms with van der Waals surface area (Å²) in [5.41, 5.74) is 9.11. The summed E-state index contributed by atoms with van der Waals surface area (Å²) in [7, 11) is 0. The number of nitrogens with two attached hydrogens (primary N) is 1. The van der Waals surface area contributed by atoms with Gasteiger partial charge in [0.2, 0.25) is 5.91 Å². The first-order chi connectivity index (χ1) is 8.65. The van der Waals surface area contributed by atoms with Gasteiger partial charge < -0.3 is 11.1 Å². The van der Waals surface area contributed by atoms with Crippen LogP contribution >= 0.6 is 0 Å². The van der Waals surface area contributed by atoms with Crippen LogP contribution in [0, 0.1) is 6.92 Å². The molecule has 0 aliphatic rings. The van der Waals surface area contributed by atoms with E-state index in [1.54, 1.807) is 6.07 Å². The van der Waals surface area contributed by atoms with Crippen molar-refractivity contribution in [2.75, 3.05) is 5.32 Å². The molecule has 92 valence electrons. The molecular formula is C15H16N2O. The summed E-state index contributed by atoms with van der Waals surface area (Å²) in [5, 5.41) is 3.32. The molecule has 3 heteroatoms. The molecule has 0 atom stereocenters. The van der Waals surface area contributed by atoms with Crippen molar-refractivity contribution in [1.82, 2.24) is 0 Å². The van der Waals surface area contributed by atoms with E-state index in [9.17, 15) is 4.79 Å². The van der Waals surface area contributed by atoms with Gasteiger partial charge in [0.25, 0.3) is 0 Å². The minimum Gasteiger partial charge on any atom is -0.381 e. The monoisotopic (exact) mass is 240 g/mol. The van der Waals surface area contributed by atoms with Crippen LogP contribution in [0.15, 0.2) is 48.5 Å². The Morgan fingerprint density at radius 1 is 1.17 bits per heavy atom. The highest BCUT2D eigenvalue weighted by Gasteiger charge is 2.01. The fourth-order valence-corrected chi connectivity index (χ4v) is 1.79. The minimum atomic E-state index is -0.396. The first-order valence-electron chi connectivity index (χ1n) is 5.84. The van der Waals surface area contributed by atoms with Crippen molar-refractivity contribution in [3.05, 3.63) is 65.2 Å². The molecule has 0 bridgehead atoms. The molecule has 2 aromatic carbocycles. The zero-order valence-corrected chi connectivity index (χ0v) is 10.3. The average molecular weight is 240 g/mol. The largest absolute Gasteiger partial charge is 0.381 e. The van der Waals surface area contributed by atoms with Gasteiger partial charge in [-0.1, -0.05) is 24.3 Å². The zero-order valence-electron chi connectivity index (χ0n) is 10.3. The number of primary amides is 1. The van der Waals surface area contributed by atoms with E-state index in [2.05, 4.69) is 24.4 Å². The number of anilines is 1. The van der Waals surface area contributed by atoms with E-state index in [0.29, 0.717) is 12.1 Å². The molecule has 0 aliphatic carbocycles. The lowest BCUT2D eigenvalue weighted by molar-refractivity contribution is 0.1000. The Kier molecular flexibility index (Phi) is 3.63. The zero-order chi connectivity index (χ0) is 13.0. The smallest absolute Gasteiger partial charge is 0.248 e. The van der Waals surface area contributed by atoms with Crippen LogP contribution < -0.4 is 11.1 Å². The molecule has 0 unspecified atom stereocenters. The summed E-state index contributed by atoms with van der Waals surface area (Å²) in [6.07, 6.45) is 0. The average Bonchev–Trinajstić information content (AvgIpc) is 2.37. The third kappa shape index (κ3) is 3.10. The van der Waals surface area contributed by atoms with Crippen LogP contribution in [-0.2, 0) is 6.54 Å². The van der Waals surface area contributed by atoms with E-state index >= 15 is 0 Å². The molecule has 3 nitrogen and oxygen atoms in total. The van der Waals surface area contributed by atoms with Crippen LogP contribution in [-0.4, -0.2) is 5.91 Å². The number of nitrogens with one attached hydrogen (secondary N) is 1. The maximum absolute atomic E-state index is 11.1. The molecule has 2 aromatic rings. The Hall–Kier alpha value is -2.29. The fourth-order valence-electron chi connectivity index (χ4n) is 1.79. The first-order valence-corrected chi connectivity index (χ1v) is 5.84. The maximum atomic E-state index is 11.1. The van der Waals surface area contributed by atoms with Gasteiger partial charge in [-0.05, 0) is 42.3 Å². The van der Waals surface area contributed by atoms with Crippen molar-refractivity contribution in [2.24, 2.45) is 5.73 Å². The summed E-state index contributed by atoms with van der Waals surface area (Å²) in [5.74, 6) is -0.396. The van der Waals surface area contributed by atoms with Crippen LogP contribution in [0.3, 0.4) is 0 Å². The van der Waals surface area contributed by atoms with Gasteiger partial charge in [0.05, 0.1) is 0 Å². The highest BCUT2D eigenvalue weighted by molar-refractivity contribution is 5.92. The molecule has 0 aliphatic heterocycles. The van der Waals surface area contributed by atoms with Crippen molar-refractivity contribution >= 4 is 11.6 Å². The van der Waals surface area contributed by atoms with Crippen molar-refractivity contribution in [1.29, 1.82) is 0 Å². The molecule has 0 saturated heterocycles. The number of hydrogen-bond donors (Lipinski definition) is 2. The van der Waals surface area contributed by atoms with Crippen LogP contribution in [0.2, 0.25) is 0 Å². The molecule has 0 radical (unpaired) electrons. The van der Waals surface area contributed by atoms with Gasteiger partial charge >= 0.3 is 0 Å². The van der Waals surface area contributed by atoms with Gasteiger partial charge in [0.1, 0.15) is 0 Å². The van der Waals surface area contributed by atoms with Gasteiger partial charge in [-0.15, -0.1) is 0 Å². The summed E-state index contributed by atoms with van der Waals surface area (Å²) in [6, 6.07) is 15.5. The topological polar surface area (TPSA) is 55.1 Å². The van der Waals surface area contributed by atoms with E-state index in [0.717, 1.165) is 11.3 Å². The van der Waals surface area contributed by atoms with Gasteiger partial charge in [-0.25, -0.2) is 0 Å². The van der Waals surface area contributed by atoms with Crippen molar-refractivity contribution in [3.8, 4) is 0 Å². The summed E-state index contributed by atoms with van der Waals surface area (Å²) in [4.78, 5) is 11.1. The van der Waals surface area contributed by atoms with Gasteiger partial charge in [0, 0.05) is 17.8 Å². The summed E-state index contributed by atoms with van der Waals surface area (Å²) in [6.45, 7) is 2.73. The van der Waals surface area contributed by atoms with Gasteiger partial charge in [0.15, 0.2) is 0 Å². The second kappa shape index (κ2) is 5.36. The Morgan fingerprint density at radius 3 is 2.67 bits per heavy atom. The second-order valence-corrected chi connectivity index (χ2v) is 4.29. The van der Waals surface area contributed by atoms with Gasteiger partial charge in [-0.2, -0.15) is 0 Å². The standard InChI is InChI=1S/C15H16N2O/c1-11-4-2-7-14(8-11)17-10-12-5-3-6-13(9-12)15(16)18/h2-9,17H,10H2,1H3,(H2,16,18). The maximum Gasteiger partial charge on any atom is 0.248 e. The number of aryl methyl sites for hydroxylation is 1. The highest BCUT2D eigenvalue weighted by atomic mass is 16.1. The molecular weight excluding hydrogens is 224 g/mol. The number of carbonyl (C=O) groups is 1. The van der Waals surface area contributed by atoms with E-state index in [1.807, 2.05) is 30.3 Å². The predicted molar refractivity (Wildman–Crippen MR) is 73.5 cm³/mol. The highest BCUT2D eigenvalue weighted by Crippen LogP contribution is 2.12. The second-order valence-electron chi connectivity index (χ2n) is 4.29. The molecule has 0 heterocycles. The fraction of sp³-hybridized carbons (Fsp3) is 0.133. The number of benzene rings is 2. The SMILES string of the molecule is Cc1cccc(NCc2cccc(C(N)=O)c2)c1. The van der Waals surface area contributed by atoms with Crippen molar-refractivity contribution in [3.63, 3.8) is 0 Å². The Labute approximate surface area is 107 Å². The molecule has 18 heavy (non-hydrogen) atoms. The molecule has 0 fully saturated rings. The summed E-state index contributed by atoms with van der Waals surface area (Å²) < 4.78 is 0. The lowest BCUT2D eigenvalue weighted by Crippen LogP contribution is -2.11.